The molecule has 0 aliphatic carbocycles. The zero-order valence-corrected chi connectivity index (χ0v) is 13.7. The lowest BCUT2D eigenvalue weighted by Gasteiger charge is -2.37. The summed E-state index contributed by atoms with van der Waals surface area (Å²) in [6.45, 7) is 12.0. The Balaban J connectivity index is 2.94. The van der Waals surface area contributed by atoms with E-state index in [0.717, 1.165) is 19.6 Å². The molecule has 2 N–H and O–H groups in total. The molecular formula is C18H32N2. The number of benzene rings is 1. The van der Waals surface area contributed by atoms with E-state index in [4.69, 9.17) is 5.73 Å². The Bertz CT molecular complexity index is 359. The molecule has 1 unspecified atom stereocenters. The molecule has 0 saturated heterocycles. The van der Waals surface area contributed by atoms with Crippen LogP contribution in [0.2, 0.25) is 0 Å². The standard InChI is InChI=1S/C18H32N2/c1-5-10-17(16-11-8-7-9-12-16)20(13-6-2)15-18(3,4)14-19/h7-9,11-12,17H,5-6,10,13-15,19H2,1-4H3. The van der Waals surface area contributed by atoms with E-state index in [2.05, 4.69) is 62.9 Å². The van der Waals surface area contributed by atoms with Gasteiger partial charge in [0.05, 0.1) is 0 Å². The predicted molar refractivity (Wildman–Crippen MR) is 88.8 cm³/mol. The Morgan fingerprint density at radius 2 is 1.75 bits per heavy atom. The van der Waals surface area contributed by atoms with E-state index >= 15 is 0 Å². The third kappa shape index (κ3) is 5.26. The zero-order valence-electron chi connectivity index (χ0n) is 13.7. The van der Waals surface area contributed by atoms with E-state index < -0.39 is 0 Å². The maximum absolute atomic E-state index is 5.94. The third-order valence-electron chi connectivity index (χ3n) is 3.88. The molecule has 0 radical (unpaired) electrons. The summed E-state index contributed by atoms with van der Waals surface area (Å²) in [4.78, 5) is 2.63. The van der Waals surface area contributed by atoms with Crippen LogP contribution in [0.25, 0.3) is 0 Å². The van der Waals surface area contributed by atoms with E-state index in [0.29, 0.717) is 6.04 Å². The van der Waals surface area contributed by atoms with Gasteiger partial charge in [0.1, 0.15) is 0 Å². The van der Waals surface area contributed by atoms with Crippen molar-refractivity contribution in [3.05, 3.63) is 35.9 Å². The Labute approximate surface area is 125 Å². The second kappa shape index (κ2) is 8.43. The van der Waals surface area contributed by atoms with Gasteiger partial charge < -0.3 is 5.73 Å². The van der Waals surface area contributed by atoms with E-state index in [1.807, 2.05) is 0 Å². The summed E-state index contributed by atoms with van der Waals surface area (Å²) < 4.78 is 0. The lowest BCUT2D eigenvalue weighted by molar-refractivity contribution is 0.125. The monoisotopic (exact) mass is 276 g/mol. The Morgan fingerprint density at radius 3 is 2.25 bits per heavy atom. The first-order valence-electron chi connectivity index (χ1n) is 8.03. The van der Waals surface area contributed by atoms with Gasteiger partial charge in [0.2, 0.25) is 0 Å². The highest BCUT2D eigenvalue weighted by molar-refractivity contribution is 5.19. The first-order valence-corrected chi connectivity index (χ1v) is 8.03. The summed E-state index contributed by atoms with van der Waals surface area (Å²) in [5.41, 5.74) is 7.55. The van der Waals surface area contributed by atoms with Crippen LogP contribution in [-0.4, -0.2) is 24.5 Å². The molecule has 20 heavy (non-hydrogen) atoms. The van der Waals surface area contributed by atoms with Crippen molar-refractivity contribution in [2.75, 3.05) is 19.6 Å². The van der Waals surface area contributed by atoms with Crippen LogP contribution >= 0.6 is 0 Å². The molecule has 0 aliphatic rings. The van der Waals surface area contributed by atoms with Crippen molar-refractivity contribution in [1.82, 2.24) is 4.90 Å². The van der Waals surface area contributed by atoms with Crippen LogP contribution in [0.4, 0.5) is 0 Å². The smallest absolute Gasteiger partial charge is 0.0348 e. The molecule has 0 amide bonds. The summed E-state index contributed by atoms with van der Waals surface area (Å²) in [6, 6.07) is 11.4. The summed E-state index contributed by atoms with van der Waals surface area (Å²) in [7, 11) is 0. The summed E-state index contributed by atoms with van der Waals surface area (Å²) >= 11 is 0. The van der Waals surface area contributed by atoms with Gasteiger partial charge in [0.15, 0.2) is 0 Å². The summed E-state index contributed by atoms with van der Waals surface area (Å²) in [6.07, 6.45) is 3.61. The van der Waals surface area contributed by atoms with E-state index in [9.17, 15) is 0 Å². The van der Waals surface area contributed by atoms with Crippen LogP contribution in [0, 0.1) is 5.41 Å². The maximum atomic E-state index is 5.94. The Hall–Kier alpha value is -0.860. The molecule has 0 fully saturated rings. The zero-order chi connectivity index (χ0) is 15.0. The molecule has 0 aromatic heterocycles. The van der Waals surface area contributed by atoms with Gasteiger partial charge in [-0.05, 0) is 36.9 Å². The van der Waals surface area contributed by atoms with E-state index in [-0.39, 0.29) is 5.41 Å². The fraction of sp³-hybridized carbons (Fsp3) is 0.667. The molecule has 1 aromatic carbocycles. The molecule has 114 valence electrons. The van der Waals surface area contributed by atoms with E-state index in [1.54, 1.807) is 0 Å². The highest BCUT2D eigenvalue weighted by Gasteiger charge is 2.25. The van der Waals surface area contributed by atoms with Crippen molar-refractivity contribution >= 4 is 0 Å². The molecule has 1 rings (SSSR count). The molecule has 0 spiro atoms. The van der Waals surface area contributed by atoms with Gasteiger partial charge in [0.25, 0.3) is 0 Å². The fourth-order valence-electron chi connectivity index (χ4n) is 2.76. The minimum Gasteiger partial charge on any atom is -0.330 e. The number of hydrogen-bond donors (Lipinski definition) is 1. The first kappa shape index (κ1) is 17.2. The summed E-state index contributed by atoms with van der Waals surface area (Å²) in [5.74, 6) is 0. The van der Waals surface area contributed by atoms with Crippen LogP contribution in [0.15, 0.2) is 30.3 Å². The highest BCUT2D eigenvalue weighted by Crippen LogP contribution is 2.29. The van der Waals surface area contributed by atoms with Crippen molar-refractivity contribution in [3.8, 4) is 0 Å². The normalized spacial score (nSPS) is 13.7. The molecule has 2 heteroatoms. The van der Waals surface area contributed by atoms with Crippen LogP contribution in [0.1, 0.15) is 58.6 Å². The van der Waals surface area contributed by atoms with Crippen molar-refractivity contribution in [2.45, 2.75) is 53.0 Å². The van der Waals surface area contributed by atoms with Crippen molar-refractivity contribution in [3.63, 3.8) is 0 Å². The second-order valence-electron chi connectivity index (χ2n) is 6.55. The highest BCUT2D eigenvalue weighted by atomic mass is 15.2. The van der Waals surface area contributed by atoms with Gasteiger partial charge in [-0.1, -0.05) is 64.4 Å². The van der Waals surface area contributed by atoms with Gasteiger partial charge in [-0.3, -0.25) is 4.90 Å². The van der Waals surface area contributed by atoms with Gasteiger partial charge in [-0.2, -0.15) is 0 Å². The Kier molecular flexibility index (Phi) is 7.25. The number of nitrogens with zero attached hydrogens (tertiary/aromatic N) is 1. The minimum atomic E-state index is 0.177. The minimum absolute atomic E-state index is 0.177. The largest absolute Gasteiger partial charge is 0.330 e. The van der Waals surface area contributed by atoms with Crippen LogP contribution in [0.5, 0.6) is 0 Å². The average Bonchev–Trinajstić information content (AvgIpc) is 2.45. The second-order valence-corrected chi connectivity index (χ2v) is 6.55. The molecule has 0 aliphatic heterocycles. The topological polar surface area (TPSA) is 29.3 Å². The number of nitrogens with two attached hydrogens (primary N) is 1. The lowest BCUT2D eigenvalue weighted by Crippen LogP contribution is -2.41. The van der Waals surface area contributed by atoms with E-state index in [1.165, 1.54) is 24.8 Å². The van der Waals surface area contributed by atoms with Crippen LogP contribution in [0.3, 0.4) is 0 Å². The van der Waals surface area contributed by atoms with Gasteiger partial charge >= 0.3 is 0 Å². The van der Waals surface area contributed by atoms with Crippen molar-refractivity contribution < 1.29 is 0 Å². The quantitative estimate of drug-likeness (QED) is 0.731. The van der Waals surface area contributed by atoms with Crippen LogP contribution in [-0.2, 0) is 0 Å². The maximum Gasteiger partial charge on any atom is 0.0348 e. The molecule has 2 nitrogen and oxygen atoms in total. The molecule has 0 bridgehead atoms. The predicted octanol–water partition coefficient (Wildman–Crippen LogP) is 4.22. The summed E-state index contributed by atoms with van der Waals surface area (Å²) in [5, 5.41) is 0. The molecular weight excluding hydrogens is 244 g/mol. The number of rotatable bonds is 9. The van der Waals surface area contributed by atoms with Crippen molar-refractivity contribution in [2.24, 2.45) is 11.1 Å². The molecule has 0 heterocycles. The Morgan fingerprint density at radius 1 is 1.10 bits per heavy atom. The van der Waals surface area contributed by atoms with Gasteiger partial charge in [-0.25, -0.2) is 0 Å². The molecule has 1 atom stereocenters. The van der Waals surface area contributed by atoms with Gasteiger partial charge in [-0.15, -0.1) is 0 Å². The lowest BCUT2D eigenvalue weighted by atomic mass is 9.90. The average molecular weight is 276 g/mol. The van der Waals surface area contributed by atoms with Crippen molar-refractivity contribution in [1.29, 1.82) is 0 Å². The molecule has 0 saturated carbocycles. The van der Waals surface area contributed by atoms with Gasteiger partial charge in [0, 0.05) is 12.6 Å². The fourth-order valence-corrected chi connectivity index (χ4v) is 2.76. The number of hydrogen-bond acceptors (Lipinski definition) is 2. The molecule has 1 aromatic rings. The third-order valence-corrected chi connectivity index (χ3v) is 3.88. The van der Waals surface area contributed by atoms with Crippen LogP contribution < -0.4 is 5.73 Å². The first-order chi connectivity index (χ1) is 9.54. The SMILES string of the molecule is CCCC(c1ccccc1)N(CCC)CC(C)(C)CN.